The Balaban J connectivity index is 2.78. The molecule has 0 aromatic heterocycles. The average Bonchev–Trinajstić information content (AvgIpc) is 2.35. The Morgan fingerprint density at radius 1 is 1.47 bits per heavy atom. The topological polar surface area (TPSA) is 107 Å². The Labute approximate surface area is 109 Å². The molecule has 0 amide bonds. The fourth-order valence-electron chi connectivity index (χ4n) is 1.29. The van der Waals surface area contributed by atoms with Crippen molar-refractivity contribution in [2.75, 3.05) is 6.54 Å². The first-order valence-corrected chi connectivity index (χ1v) is 6.76. The number of aliphatic carboxylic acids is 1. The highest BCUT2D eigenvalue weighted by molar-refractivity contribution is 7.89. The molecule has 0 radical (unpaired) electrons. The minimum Gasteiger partial charge on any atom is -0.481 e. The van der Waals surface area contributed by atoms with E-state index in [1.165, 1.54) is 0 Å². The van der Waals surface area contributed by atoms with Gasteiger partial charge >= 0.3 is 5.97 Å². The standard InChI is InChI=1S/C11H11FN2O4S/c12-10-4-3-9(6-8(10)7-13)19(17,18)14-5-1-2-11(15)16/h3-4,6,14H,1-2,5H2,(H,15,16). The lowest BCUT2D eigenvalue weighted by Crippen LogP contribution is -2.25. The molecule has 2 N–H and O–H groups in total. The van der Waals surface area contributed by atoms with E-state index in [0.29, 0.717) is 0 Å². The number of nitrogens with zero attached hydrogens (tertiary/aromatic N) is 1. The number of carbonyl (C=O) groups is 1. The van der Waals surface area contributed by atoms with Crippen molar-refractivity contribution < 1.29 is 22.7 Å². The second-order valence-electron chi connectivity index (χ2n) is 3.65. The maximum atomic E-state index is 13.1. The number of hydrogen-bond donors (Lipinski definition) is 2. The lowest BCUT2D eigenvalue weighted by atomic mass is 10.2. The summed E-state index contributed by atoms with van der Waals surface area (Å²) in [7, 11) is -3.87. The minimum absolute atomic E-state index is 0.0477. The summed E-state index contributed by atoms with van der Waals surface area (Å²) in [6.07, 6.45) is -0.0176. The molecule has 19 heavy (non-hydrogen) atoms. The Hall–Kier alpha value is -1.98. The van der Waals surface area contributed by atoms with Crippen LogP contribution >= 0.6 is 0 Å². The van der Waals surface area contributed by atoms with E-state index in [1.807, 2.05) is 0 Å². The average molecular weight is 286 g/mol. The number of carboxylic acid groups (broad SMARTS) is 1. The van der Waals surface area contributed by atoms with Crippen LogP contribution in [0.4, 0.5) is 4.39 Å². The molecular formula is C11H11FN2O4S. The van der Waals surface area contributed by atoms with Gasteiger partial charge in [0.15, 0.2) is 0 Å². The van der Waals surface area contributed by atoms with E-state index < -0.39 is 21.8 Å². The molecule has 0 bridgehead atoms. The van der Waals surface area contributed by atoms with Gasteiger partial charge in [0, 0.05) is 13.0 Å². The third-order valence-electron chi connectivity index (χ3n) is 2.23. The van der Waals surface area contributed by atoms with E-state index in [0.717, 1.165) is 18.2 Å². The third kappa shape index (κ3) is 4.31. The Morgan fingerprint density at radius 2 is 2.16 bits per heavy atom. The highest BCUT2D eigenvalue weighted by atomic mass is 32.2. The van der Waals surface area contributed by atoms with Crippen LogP contribution in [0.3, 0.4) is 0 Å². The fourth-order valence-corrected chi connectivity index (χ4v) is 2.39. The van der Waals surface area contributed by atoms with E-state index in [-0.39, 0.29) is 29.8 Å². The number of halogens is 1. The smallest absolute Gasteiger partial charge is 0.303 e. The van der Waals surface area contributed by atoms with Gasteiger partial charge in [0.05, 0.1) is 10.5 Å². The van der Waals surface area contributed by atoms with Gasteiger partial charge < -0.3 is 5.11 Å². The molecule has 0 unspecified atom stereocenters. The van der Waals surface area contributed by atoms with Gasteiger partial charge in [0.2, 0.25) is 10.0 Å². The molecule has 0 aliphatic heterocycles. The van der Waals surface area contributed by atoms with E-state index >= 15 is 0 Å². The van der Waals surface area contributed by atoms with E-state index in [1.54, 1.807) is 6.07 Å². The SMILES string of the molecule is N#Cc1cc(S(=O)(=O)NCCCC(=O)O)ccc1F. The maximum absolute atomic E-state index is 13.1. The van der Waals surface area contributed by atoms with E-state index in [9.17, 15) is 17.6 Å². The van der Waals surface area contributed by atoms with Gasteiger partial charge in [0.25, 0.3) is 0 Å². The second kappa shape index (κ2) is 6.26. The molecule has 0 saturated heterocycles. The predicted octanol–water partition coefficient (Wildman–Crippen LogP) is 0.840. The van der Waals surface area contributed by atoms with Crippen LogP contribution in [0.5, 0.6) is 0 Å². The van der Waals surface area contributed by atoms with Gasteiger partial charge in [-0.3, -0.25) is 4.79 Å². The summed E-state index contributed by atoms with van der Waals surface area (Å²) in [5, 5.41) is 17.0. The van der Waals surface area contributed by atoms with Crippen LogP contribution < -0.4 is 4.72 Å². The normalized spacial score (nSPS) is 10.9. The Bertz CT molecular complexity index is 622. The quantitative estimate of drug-likeness (QED) is 0.753. The number of rotatable bonds is 6. The molecule has 0 fully saturated rings. The number of nitriles is 1. The Kier molecular flexibility index (Phi) is 4.97. The zero-order valence-corrected chi connectivity index (χ0v) is 10.6. The lowest BCUT2D eigenvalue weighted by Gasteiger charge is -2.06. The molecular weight excluding hydrogens is 275 g/mol. The summed E-state index contributed by atoms with van der Waals surface area (Å²) in [5.41, 5.74) is -0.367. The van der Waals surface area contributed by atoms with Crippen molar-refractivity contribution in [3.63, 3.8) is 0 Å². The van der Waals surface area contributed by atoms with Gasteiger partial charge in [-0.2, -0.15) is 5.26 Å². The fraction of sp³-hybridized carbons (Fsp3) is 0.273. The van der Waals surface area contributed by atoms with Crippen molar-refractivity contribution >= 4 is 16.0 Å². The summed E-state index contributed by atoms with van der Waals surface area (Å²) in [6.45, 7) is -0.0477. The highest BCUT2D eigenvalue weighted by Crippen LogP contribution is 2.14. The first kappa shape index (κ1) is 15.1. The first-order valence-electron chi connectivity index (χ1n) is 5.28. The lowest BCUT2D eigenvalue weighted by molar-refractivity contribution is -0.137. The summed E-state index contributed by atoms with van der Waals surface area (Å²) in [6, 6.07) is 4.40. The maximum Gasteiger partial charge on any atom is 0.303 e. The molecule has 6 nitrogen and oxygen atoms in total. The van der Waals surface area contributed by atoms with Crippen LogP contribution in [0.1, 0.15) is 18.4 Å². The van der Waals surface area contributed by atoms with Crippen LogP contribution in [0.15, 0.2) is 23.1 Å². The molecule has 0 heterocycles. The summed E-state index contributed by atoms with van der Waals surface area (Å²) in [5.74, 6) is -1.82. The summed E-state index contributed by atoms with van der Waals surface area (Å²) >= 11 is 0. The number of sulfonamides is 1. The molecule has 0 spiro atoms. The highest BCUT2D eigenvalue weighted by Gasteiger charge is 2.15. The van der Waals surface area contributed by atoms with Crippen LogP contribution in [-0.2, 0) is 14.8 Å². The monoisotopic (exact) mass is 286 g/mol. The van der Waals surface area contributed by atoms with Crippen LogP contribution in [0.25, 0.3) is 0 Å². The first-order chi connectivity index (χ1) is 8.86. The van der Waals surface area contributed by atoms with Crippen molar-refractivity contribution in [2.24, 2.45) is 0 Å². The molecule has 102 valence electrons. The van der Waals surface area contributed by atoms with Crippen molar-refractivity contribution in [2.45, 2.75) is 17.7 Å². The Morgan fingerprint density at radius 3 is 2.74 bits per heavy atom. The second-order valence-corrected chi connectivity index (χ2v) is 5.42. The zero-order valence-electron chi connectivity index (χ0n) is 9.76. The number of carboxylic acids is 1. The van der Waals surface area contributed by atoms with Crippen LogP contribution in [0, 0.1) is 17.1 Å². The minimum atomic E-state index is -3.87. The molecule has 0 saturated carbocycles. The van der Waals surface area contributed by atoms with Crippen LogP contribution in [-0.4, -0.2) is 26.0 Å². The molecule has 1 aromatic carbocycles. The van der Waals surface area contributed by atoms with Gasteiger partial charge in [-0.25, -0.2) is 17.5 Å². The third-order valence-corrected chi connectivity index (χ3v) is 3.69. The number of hydrogen-bond acceptors (Lipinski definition) is 4. The van der Waals surface area contributed by atoms with Crippen molar-refractivity contribution in [1.82, 2.24) is 4.72 Å². The molecule has 0 aliphatic carbocycles. The molecule has 1 aromatic rings. The van der Waals surface area contributed by atoms with Crippen molar-refractivity contribution in [1.29, 1.82) is 5.26 Å². The van der Waals surface area contributed by atoms with Gasteiger partial charge in [-0.15, -0.1) is 0 Å². The predicted molar refractivity (Wildman–Crippen MR) is 63.2 cm³/mol. The van der Waals surface area contributed by atoms with E-state index in [4.69, 9.17) is 10.4 Å². The zero-order chi connectivity index (χ0) is 14.5. The van der Waals surface area contributed by atoms with Gasteiger partial charge in [-0.05, 0) is 24.6 Å². The molecule has 1 rings (SSSR count). The largest absolute Gasteiger partial charge is 0.481 e. The van der Waals surface area contributed by atoms with Gasteiger partial charge in [-0.1, -0.05) is 0 Å². The van der Waals surface area contributed by atoms with Crippen molar-refractivity contribution in [3.8, 4) is 6.07 Å². The van der Waals surface area contributed by atoms with Crippen molar-refractivity contribution in [3.05, 3.63) is 29.6 Å². The van der Waals surface area contributed by atoms with E-state index in [2.05, 4.69) is 4.72 Å². The number of benzene rings is 1. The molecule has 0 atom stereocenters. The van der Waals surface area contributed by atoms with Crippen LogP contribution in [0.2, 0.25) is 0 Å². The number of nitrogens with one attached hydrogen (secondary N) is 1. The summed E-state index contributed by atoms with van der Waals surface area (Å²) in [4.78, 5) is 10.0. The summed E-state index contributed by atoms with van der Waals surface area (Å²) < 4.78 is 38.8. The molecule has 0 aliphatic rings. The van der Waals surface area contributed by atoms with Gasteiger partial charge in [0.1, 0.15) is 11.9 Å². The molecule has 8 heteroatoms.